The molecule has 0 radical (unpaired) electrons. The van der Waals surface area contributed by atoms with Crippen LogP contribution in [-0.4, -0.2) is 58.6 Å². The number of methoxy groups -OCH3 is 2. The van der Waals surface area contributed by atoms with E-state index in [0.29, 0.717) is 0 Å². The quantitative estimate of drug-likeness (QED) is 0.154. The van der Waals surface area contributed by atoms with E-state index < -0.39 is 0 Å². The van der Waals surface area contributed by atoms with E-state index in [0.717, 1.165) is 34.5 Å². The molecule has 0 heterocycles. The largest absolute Gasteiger partial charge is 0.493 e. The first kappa shape index (κ1) is 26.5. The van der Waals surface area contributed by atoms with Gasteiger partial charge in [0.2, 0.25) is 0 Å². The van der Waals surface area contributed by atoms with Crippen LogP contribution in [-0.2, 0) is 0 Å². The zero-order chi connectivity index (χ0) is 22.1. The van der Waals surface area contributed by atoms with Gasteiger partial charge in [0.25, 0.3) is 0 Å². The summed E-state index contributed by atoms with van der Waals surface area (Å²) >= 11 is 0. The van der Waals surface area contributed by atoms with Crippen molar-refractivity contribution in [1.29, 1.82) is 0 Å². The van der Waals surface area contributed by atoms with Crippen LogP contribution >= 0.6 is 0 Å². The van der Waals surface area contributed by atoms with Crippen LogP contribution in [0.1, 0.15) is 83.1 Å². The molecule has 0 unspecified atom stereocenters. The van der Waals surface area contributed by atoms with Crippen molar-refractivity contribution < 1.29 is 14.0 Å². The predicted octanol–water partition coefficient (Wildman–Crippen LogP) is 6.51. The van der Waals surface area contributed by atoms with E-state index in [1.54, 1.807) is 14.2 Å². The van der Waals surface area contributed by atoms with E-state index in [-0.39, 0.29) is 0 Å². The van der Waals surface area contributed by atoms with Gasteiger partial charge < -0.3 is 14.0 Å². The number of quaternary nitrogens is 1. The third kappa shape index (κ3) is 12.2. The van der Waals surface area contributed by atoms with Gasteiger partial charge in [-0.25, -0.2) is 0 Å². The van der Waals surface area contributed by atoms with Crippen LogP contribution in [0.4, 0.5) is 0 Å². The molecule has 0 aliphatic heterocycles. The molecule has 1 aromatic rings. The number of aliphatic imine (C=N–C) groups is 1. The van der Waals surface area contributed by atoms with Crippen LogP contribution in [0.3, 0.4) is 0 Å². The van der Waals surface area contributed by atoms with E-state index >= 15 is 0 Å². The molecule has 172 valence electrons. The molecule has 1 aromatic carbocycles. The molecule has 0 aromatic heterocycles. The average Bonchev–Trinajstić information content (AvgIpc) is 2.74. The Hall–Kier alpha value is -1.55. The standard InChI is InChI=1S/C26H47N2O2/c1-6-7-8-9-10-11-12-13-14-15-20-28(2,3)21-16-19-27-23-24-17-18-25(29-4)26(22-24)30-5/h17-18,22-23H,6-16,19-21H2,1-5H3/q+1. The molecule has 30 heavy (non-hydrogen) atoms. The molecule has 0 fully saturated rings. The third-order valence-electron chi connectivity index (χ3n) is 5.82. The first-order valence-corrected chi connectivity index (χ1v) is 12.1. The van der Waals surface area contributed by atoms with E-state index in [1.165, 1.54) is 77.3 Å². The summed E-state index contributed by atoms with van der Waals surface area (Å²) in [6.07, 6.45) is 17.1. The summed E-state index contributed by atoms with van der Waals surface area (Å²) in [5, 5.41) is 0. The highest BCUT2D eigenvalue weighted by Crippen LogP contribution is 2.26. The molecule has 0 spiro atoms. The number of nitrogens with zero attached hydrogens (tertiary/aromatic N) is 2. The summed E-state index contributed by atoms with van der Waals surface area (Å²) in [6.45, 7) is 5.61. The summed E-state index contributed by atoms with van der Waals surface area (Å²) < 4.78 is 11.7. The van der Waals surface area contributed by atoms with Crippen molar-refractivity contribution in [1.82, 2.24) is 0 Å². The van der Waals surface area contributed by atoms with Gasteiger partial charge in [0.1, 0.15) is 0 Å². The Bertz CT molecular complexity index is 584. The predicted molar refractivity (Wildman–Crippen MR) is 130 cm³/mol. The maximum Gasteiger partial charge on any atom is 0.161 e. The second kappa shape index (κ2) is 16.2. The highest BCUT2D eigenvalue weighted by Gasteiger charge is 2.13. The lowest BCUT2D eigenvalue weighted by Crippen LogP contribution is -2.41. The summed E-state index contributed by atoms with van der Waals surface area (Å²) in [5.41, 5.74) is 1.05. The molecule has 0 bridgehead atoms. The first-order valence-electron chi connectivity index (χ1n) is 12.1. The van der Waals surface area contributed by atoms with E-state index in [1.807, 2.05) is 24.4 Å². The minimum atomic E-state index is 0.746. The van der Waals surface area contributed by atoms with Crippen LogP contribution in [0, 0.1) is 0 Å². The number of unbranched alkanes of at least 4 members (excludes halogenated alkanes) is 9. The topological polar surface area (TPSA) is 30.8 Å². The second-order valence-corrected chi connectivity index (χ2v) is 9.07. The van der Waals surface area contributed by atoms with Crippen molar-refractivity contribution in [2.45, 2.75) is 77.6 Å². The SMILES string of the molecule is CCCCCCCCCCCC[N+](C)(C)CCCN=Cc1ccc(OC)c(OC)c1. The van der Waals surface area contributed by atoms with E-state index in [2.05, 4.69) is 26.0 Å². The Morgan fingerprint density at radius 2 is 1.33 bits per heavy atom. The molecule has 0 saturated heterocycles. The van der Waals surface area contributed by atoms with Crippen LogP contribution in [0.5, 0.6) is 11.5 Å². The van der Waals surface area contributed by atoms with Crippen LogP contribution in [0.2, 0.25) is 0 Å². The lowest BCUT2D eigenvalue weighted by atomic mass is 10.1. The molecular weight excluding hydrogens is 372 g/mol. The fourth-order valence-electron chi connectivity index (χ4n) is 3.83. The van der Waals surface area contributed by atoms with E-state index in [9.17, 15) is 0 Å². The Morgan fingerprint density at radius 1 is 0.767 bits per heavy atom. The highest BCUT2D eigenvalue weighted by atomic mass is 16.5. The van der Waals surface area contributed by atoms with Crippen molar-refractivity contribution >= 4 is 6.21 Å². The number of hydrogen-bond donors (Lipinski definition) is 0. The minimum absolute atomic E-state index is 0.746. The number of ether oxygens (including phenoxy) is 2. The second-order valence-electron chi connectivity index (χ2n) is 9.07. The van der Waals surface area contributed by atoms with Crippen molar-refractivity contribution in [3.8, 4) is 11.5 Å². The maximum absolute atomic E-state index is 5.35. The molecule has 0 amide bonds. The van der Waals surface area contributed by atoms with Gasteiger partial charge in [-0.15, -0.1) is 0 Å². The van der Waals surface area contributed by atoms with Crippen molar-refractivity contribution in [2.75, 3.05) is 47.9 Å². The molecule has 4 heteroatoms. The van der Waals surface area contributed by atoms with Crippen molar-refractivity contribution in [3.63, 3.8) is 0 Å². The Labute approximate surface area is 186 Å². The molecule has 0 N–H and O–H groups in total. The Kier molecular flexibility index (Phi) is 14.3. The van der Waals surface area contributed by atoms with Crippen LogP contribution < -0.4 is 9.47 Å². The first-order chi connectivity index (χ1) is 14.5. The molecule has 0 atom stereocenters. The maximum atomic E-state index is 5.35. The summed E-state index contributed by atoms with van der Waals surface area (Å²) in [7, 11) is 8.02. The van der Waals surface area contributed by atoms with Crippen molar-refractivity contribution in [2.24, 2.45) is 4.99 Å². The molecule has 0 aliphatic rings. The van der Waals surface area contributed by atoms with Gasteiger partial charge in [0.05, 0.1) is 41.4 Å². The molecule has 0 saturated carbocycles. The summed E-state index contributed by atoms with van der Waals surface area (Å²) in [6, 6.07) is 5.90. The fourth-order valence-corrected chi connectivity index (χ4v) is 3.83. The van der Waals surface area contributed by atoms with Gasteiger partial charge in [0, 0.05) is 19.2 Å². The number of benzene rings is 1. The van der Waals surface area contributed by atoms with Gasteiger partial charge >= 0.3 is 0 Å². The third-order valence-corrected chi connectivity index (χ3v) is 5.82. The molecule has 4 nitrogen and oxygen atoms in total. The molecule has 0 aliphatic carbocycles. The van der Waals surface area contributed by atoms with Crippen LogP contribution in [0.15, 0.2) is 23.2 Å². The van der Waals surface area contributed by atoms with Crippen LogP contribution in [0.25, 0.3) is 0 Å². The average molecular weight is 420 g/mol. The zero-order valence-corrected chi connectivity index (χ0v) is 20.4. The Balaban J connectivity index is 2.12. The smallest absolute Gasteiger partial charge is 0.161 e. The van der Waals surface area contributed by atoms with Gasteiger partial charge in [-0.05, 0) is 36.6 Å². The highest BCUT2D eigenvalue weighted by molar-refractivity contribution is 5.80. The lowest BCUT2D eigenvalue weighted by Gasteiger charge is -2.29. The Morgan fingerprint density at radius 3 is 1.93 bits per heavy atom. The van der Waals surface area contributed by atoms with Gasteiger partial charge in [0.15, 0.2) is 11.5 Å². The van der Waals surface area contributed by atoms with Gasteiger partial charge in [-0.2, -0.15) is 0 Å². The van der Waals surface area contributed by atoms with E-state index in [4.69, 9.17) is 9.47 Å². The number of rotatable bonds is 18. The normalized spacial score (nSPS) is 11.9. The zero-order valence-electron chi connectivity index (χ0n) is 20.4. The molecule has 1 rings (SSSR count). The van der Waals surface area contributed by atoms with Crippen molar-refractivity contribution in [3.05, 3.63) is 23.8 Å². The summed E-state index contributed by atoms with van der Waals surface area (Å²) in [5.74, 6) is 1.50. The fraction of sp³-hybridized carbons (Fsp3) is 0.731. The minimum Gasteiger partial charge on any atom is -0.493 e. The lowest BCUT2D eigenvalue weighted by molar-refractivity contribution is -0.890. The van der Waals surface area contributed by atoms with Gasteiger partial charge in [-0.3, -0.25) is 4.99 Å². The monoisotopic (exact) mass is 419 g/mol. The summed E-state index contributed by atoms with van der Waals surface area (Å²) in [4.78, 5) is 4.60. The molecular formula is C26H47N2O2+. The van der Waals surface area contributed by atoms with Gasteiger partial charge in [-0.1, -0.05) is 58.3 Å². The number of hydrogen-bond acceptors (Lipinski definition) is 3.